The predicted molar refractivity (Wildman–Crippen MR) is 69.3 cm³/mol. The number of carbonyl (C=O) groups is 1. The van der Waals surface area contributed by atoms with Crippen LogP contribution in [0.25, 0.3) is 0 Å². The summed E-state index contributed by atoms with van der Waals surface area (Å²) < 4.78 is 37.9. The number of aliphatic hydroxyl groups is 1. The van der Waals surface area contributed by atoms with Gasteiger partial charge < -0.3 is 15.3 Å². The van der Waals surface area contributed by atoms with Crippen LogP contribution in [0.15, 0.2) is 0 Å². The van der Waals surface area contributed by atoms with Gasteiger partial charge in [0, 0.05) is 32.0 Å². The van der Waals surface area contributed by atoms with Gasteiger partial charge in [-0.1, -0.05) is 20.3 Å². The SMILES string of the molecule is CCC(C)C(C)NC(=O)N1CCC(O)(C(F)(F)F)CC1. The number of hydrogen-bond donors (Lipinski definition) is 2. The molecule has 0 aromatic rings. The fraction of sp³-hybridized carbons (Fsp3) is 0.923. The highest BCUT2D eigenvalue weighted by atomic mass is 19.4. The van der Waals surface area contributed by atoms with Gasteiger partial charge in [0.1, 0.15) is 0 Å². The topological polar surface area (TPSA) is 52.6 Å². The van der Waals surface area contributed by atoms with Crippen LogP contribution in [0.4, 0.5) is 18.0 Å². The second-order valence-corrected chi connectivity index (χ2v) is 5.64. The number of rotatable bonds is 3. The molecule has 7 heteroatoms. The van der Waals surface area contributed by atoms with E-state index in [1.54, 1.807) is 0 Å². The Morgan fingerprint density at radius 1 is 1.35 bits per heavy atom. The van der Waals surface area contributed by atoms with E-state index in [4.69, 9.17) is 0 Å². The molecule has 118 valence electrons. The summed E-state index contributed by atoms with van der Waals surface area (Å²) in [7, 11) is 0. The molecule has 0 spiro atoms. The van der Waals surface area contributed by atoms with Gasteiger partial charge in [-0.05, 0) is 12.8 Å². The molecule has 0 aromatic heterocycles. The second-order valence-electron chi connectivity index (χ2n) is 5.64. The van der Waals surface area contributed by atoms with Gasteiger partial charge in [0.2, 0.25) is 0 Å². The van der Waals surface area contributed by atoms with Crippen LogP contribution < -0.4 is 5.32 Å². The quantitative estimate of drug-likeness (QED) is 0.841. The zero-order valence-electron chi connectivity index (χ0n) is 12.1. The Kier molecular flexibility index (Phi) is 5.29. The summed E-state index contributed by atoms with van der Waals surface area (Å²) >= 11 is 0. The zero-order valence-corrected chi connectivity index (χ0v) is 12.1. The lowest BCUT2D eigenvalue weighted by Gasteiger charge is -2.39. The van der Waals surface area contributed by atoms with Crippen LogP contribution >= 0.6 is 0 Å². The molecule has 2 atom stereocenters. The number of urea groups is 1. The van der Waals surface area contributed by atoms with Crippen LogP contribution in [0.2, 0.25) is 0 Å². The number of likely N-dealkylation sites (tertiary alicyclic amines) is 1. The van der Waals surface area contributed by atoms with Crippen molar-refractivity contribution in [3.8, 4) is 0 Å². The third kappa shape index (κ3) is 3.77. The fourth-order valence-electron chi connectivity index (χ4n) is 2.15. The Labute approximate surface area is 117 Å². The number of carbonyl (C=O) groups excluding carboxylic acids is 1. The van der Waals surface area contributed by atoms with Gasteiger partial charge in [-0.15, -0.1) is 0 Å². The Hall–Kier alpha value is -0.980. The molecule has 4 nitrogen and oxygen atoms in total. The summed E-state index contributed by atoms with van der Waals surface area (Å²) in [6.07, 6.45) is -4.67. The molecule has 1 saturated heterocycles. The third-order valence-electron chi connectivity index (χ3n) is 4.25. The van der Waals surface area contributed by atoms with E-state index in [1.165, 1.54) is 4.90 Å². The first-order chi connectivity index (χ1) is 9.10. The molecule has 0 saturated carbocycles. The Balaban J connectivity index is 2.51. The Morgan fingerprint density at radius 2 is 1.85 bits per heavy atom. The van der Waals surface area contributed by atoms with Crippen molar-refractivity contribution in [1.29, 1.82) is 0 Å². The van der Waals surface area contributed by atoms with E-state index in [0.29, 0.717) is 5.92 Å². The van der Waals surface area contributed by atoms with Gasteiger partial charge in [0.05, 0.1) is 0 Å². The summed E-state index contributed by atoms with van der Waals surface area (Å²) in [5, 5.41) is 12.3. The van der Waals surface area contributed by atoms with Crippen molar-refractivity contribution < 1.29 is 23.1 Å². The fourth-order valence-corrected chi connectivity index (χ4v) is 2.15. The van der Waals surface area contributed by atoms with E-state index >= 15 is 0 Å². The lowest BCUT2D eigenvalue weighted by atomic mass is 9.91. The minimum absolute atomic E-state index is 0.0315. The summed E-state index contributed by atoms with van der Waals surface area (Å²) in [5.74, 6) is 0.302. The summed E-state index contributed by atoms with van der Waals surface area (Å²) in [6.45, 7) is 5.72. The molecule has 1 aliphatic rings. The highest BCUT2D eigenvalue weighted by Crippen LogP contribution is 2.38. The largest absolute Gasteiger partial charge is 0.417 e. The summed E-state index contributed by atoms with van der Waals surface area (Å²) in [6, 6.07) is -0.391. The van der Waals surface area contributed by atoms with Crippen LogP contribution in [0, 0.1) is 5.92 Å². The molecule has 0 bridgehead atoms. The molecule has 0 aliphatic carbocycles. The lowest BCUT2D eigenvalue weighted by molar-refractivity contribution is -0.271. The van der Waals surface area contributed by atoms with Crippen LogP contribution in [-0.4, -0.2) is 46.9 Å². The summed E-state index contributed by atoms with van der Waals surface area (Å²) in [4.78, 5) is 13.3. The first-order valence-corrected chi connectivity index (χ1v) is 6.95. The molecule has 1 aliphatic heterocycles. The first kappa shape index (κ1) is 17.1. The molecule has 0 aromatic carbocycles. The van der Waals surface area contributed by atoms with E-state index in [9.17, 15) is 23.1 Å². The van der Waals surface area contributed by atoms with Crippen LogP contribution in [-0.2, 0) is 0 Å². The number of amides is 2. The van der Waals surface area contributed by atoms with E-state index in [1.807, 2.05) is 20.8 Å². The van der Waals surface area contributed by atoms with Crippen molar-refractivity contribution in [3.63, 3.8) is 0 Å². The second kappa shape index (κ2) is 6.20. The molecular formula is C13H23F3N2O2. The van der Waals surface area contributed by atoms with Crippen molar-refractivity contribution in [3.05, 3.63) is 0 Å². The van der Waals surface area contributed by atoms with E-state index in [-0.39, 0.29) is 25.2 Å². The molecule has 1 fully saturated rings. The number of piperidine rings is 1. The van der Waals surface area contributed by atoms with Crippen molar-refractivity contribution in [1.82, 2.24) is 10.2 Å². The first-order valence-electron chi connectivity index (χ1n) is 6.95. The van der Waals surface area contributed by atoms with Crippen molar-refractivity contribution in [2.75, 3.05) is 13.1 Å². The van der Waals surface area contributed by atoms with E-state index in [0.717, 1.165) is 6.42 Å². The molecule has 2 N–H and O–H groups in total. The van der Waals surface area contributed by atoms with Crippen molar-refractivity contribution in [2.45, 2.75) is 57.9 Å². The van der Waals surface area contributed by atoms with Gasteiger partial charge in [-0.2, -0.15) is 13.2 Å². The van der Waals surface area contributed by atoms with Crippen LogP contribution in [0.1, 0.15) is 40.0 Å². The lowest BCUT2D eigenvalue weighted by Crippen LogP contribution is -2.56. The third-order valence-corrected chi connectivity index (χ3v) is 4.25. The minimum Gasteiger partial charge on any atom is -0.380 e. The Bertz CT molecular complexity index is 339. The van der Waals surface area contributed by atoms with Crippen molar-refractivity contribution in [2.24, 2.45) is 5.92 Å². The minimum atomic E-state index is -4.64. The van der Waals surface area contributed by atoms with Gasteiger partial charge in [0.15, 0.2) is 5.60 Å². The normalized spacial score (nSPS) is 22.2. The van der Waals surface area contributed by atoms with Crippen molar-refractivity contribution >= 4 is 6.03 Å². The van der Waals surface area contributed by atoms with Gasteiger partial charge >= 0.3 is 12.2 Å². The number of alkyl halides is 3. The van der Waals surface area contributed by atoms with Gasteiger partial charge in [-0.25, -0.2) is 4.79 Å². The van der Waals surface area contributed by atoms with Crippen LogP contribution in [0.5, 0.6) is 0 Å². The average Bonchev–Trinajstić information content (AvgIpc) is 2.37. The van der Waals surface area contributed by atoms with E-state index in [2.05, 4.69) is 5.32 Å². The number of hydrogen-bond acceptors (Lipinski definition) is 2. The highest BCUT2D eigenvalue weighted by Gasteiger charge is 2.54. The standard InChI is InChI=1S/C13H23F3N2O2/c1-4-9(2)10(3)17-11(19)18-7-5-12(20,6-8-18)13(14,15)16/h9-10,20H,4-8H2,1-3H3,(H,17,19). The molecule has 1 heterocycles. The summed E-state index contributed by atoms with van der Waals surface area (Å²) in [5.41, 5.74) is -2.66. The monoisotopic (exact) mass is 296 g/mol. The maximum atomic E-state index is 12.6. The molecular weight excluding hydrogens is 273 g/mol. The maximum absolute atomic E-state index is 12.6. The van der Waals surface area contributed by atoms with E-state index < -0.39 is 24.6 Å². The number of nitrogens with zero attached hydrogens (tertiary/aromatic N) is 1. The molecule has 0 radical (unpaired) electrons. The highest BCUT2D eigenvalue weighted by molar-refractivity contribution is 5.74. The average molecular weight is 296 g/mol. The molecule has 2 unspecified atom stereocenters. The molecule has 2 amide bonds. The zero-order chi connectivity index (χ0) is 15.6. The van der Waals surface area contributed by atoms with Gasteiger partial charge in [0.25, 0.3) is 0 Å². The van der Waals surface area contributed by atoms with Crippen LogP contribution in [0.3, 0.4) is 0 Å². The van der Waals surface area contributed by atoms with Gasteiger partial charge in [-0.3, -0.25) is 0 Å². The molecule has 20 heavy (non-hydrogen) atoms. The predicted octanol–water partition coefficient (Wildman–Crippen LogP) is 2.52. The number of halogens is 3. The maximum Gasteiger partial charge on any atom is 0.417 e. The number of nitrogens with one attached hydrogen (secondary N) is 1. The molecule has 1 rings (SSSR count). The smallest absolute Gasteiger partial charge is 0.380 e. The Morgan fingerprint density at radius 3 is 2.25 bits per heavy atom.